The van der Waals surface area contributed by atoms with E-state index in [9.17, 15) is 4.79 Å². The van der Waals surface area contributed by atoms with E-state index in [0.717, 1.165) is 36.1 Å². The molecule has 2 bridgehead atoms. The molecule has 22 heavy (non-hydrogen) atoms. The van der Waals surface area contributed by atoms with Crippen LogP contribution >= 0.6 is 0 Å². The Kier molecular flexibility index (Phi) is 3.25. The van der Waals surface area contributed by atoms with Crippen LogP contribution in [0.15, 0.2) is 24.3 Å². The first-order chi connectivity index (χ1) is 10.8. The lowest BCUT2D eigenvalue weighted by Crippen LogP contribution is -2.40. The third kappa shape index (κ3) is 2.05. The molecule has 4 heterocycles. The number of carbonyl (C=O) groups excluding carboxylic acids is 1. The Hall–Kier alpha value is -2.10. The predicted molar refractivity (Wildman–Crippen MR) is 89.5 cm³/mol. The average Bonchev–Trinajstić information content (AvgIpc) is 2.56. The molecule has 2 aromatic rings. The van der Waals surface area contributed by atoms with Crippen LogP contribution in [0.1, 0.15) is 44.2 Å². The number of aromatic nitrogens is 1. The smallest absolute Gasteiger partial charge is 0.224 e. The molecule has 1 N–H and O–H groups in total. The first-order valence-electron chi connectivity index (χ1n) is 8.25. The van der Waals surface area contributed by atoms with E-state index >= 15 is 0 Å². The van der Waals surface area contributed by atoms with Gasteiger partial charge in [-0.1, -0.05) is 25.1 Å². The van der Waals surface area contributed by atoms with Gasteiger partial charge in [0.2, 0.25) is 5.91 Å². The molecule has 0 aliphatic carbocycles. The highest BCUT2D eigenvalue weighted by Gasteiger charge is 2.35. The second-order valence-electron chi connectivity index (χ2n) is 6.30. The van der Waals surface area contributed by atoms with E-state index in [4.69, 9.17) is 4.98 Å². The maximum atomic E-state index is 12.2. The van der Waals surface area contributed by atoms with E-state index in [0.29, 0.717) is 12.3 Å². The van der Waals surface area contributed by atoms with Gasteiger partial charge in [0.15, 0.2) is 0 Å². The first kappa shape index (κ1) is 13.6. The summed E-state index contributed by atoms with van der Waals surface area (Å²) in [7, 11) is 0. The van der Waals surface area contributed by atoms with Gasteiger partial charge in [-0.05, 0) is 25.3 Å². The minimum absolute atomic E-state index is 0.101. The maximum Gasteiger partial charge on any atom is 0.224 e. The summed E-state index contributed by atoms with van der Waals surface area (Å²) in [6.45, 7) is 4.19. The molecule has 1 saturated heterocycles. The Morgan fingerprint density at radius 3 is 2.86 bits per heavy atom. The Balaban J connectivity index is 1.91. The van der Waals surface area contributed by atoms with Crippen LogP contribution in [0.4, 0.5) is 11.4 Å². The summed E-state index contributed by atoms with van der Waals surface area (Å²) < 4.78 is 0. The van der Waals surface area contributed by atoms with E-state index in [1.54, 1.807) is 0 Å². The highest BCUT2D eigenvalue weighted by atomic mass is 16.1. The summed E-state index contributed by atoms with van der Waals surface area (Å²) >= 11 is 0. The van der Waals surface area contributed by atoms with Gasteiger partial charge in [-0.3, -0.25) is 9.78 Å². The summed E-state index contributed by atoms with van der Waals surface area (Å²) in [5, 5.41) is 4.23. The van der Waals surface area contributed by atoms with Gasteiger partial charge in [-0.15, -0.1) is 0 Å². The van der Waals surface area contributed by atoms with Crippen molar-refractivity contribution < 1.29 is 4.79 Å². The number of anilines is 2. The molecule has 5 rings (SSSR count). The summed E-state index contributed by atoms with van der Waals surface area (Å²) in [5.74, 6) is 0.648. The van der Waals surface area contributed by atoms with Crippen LogP contribution in [0, 0.1) is 0 Å². The van der Waals surface area contributed by atoms with Crippen molar-refractivity contribution in [2.45, 2.75) is 38.5 Å². The molecule has 1 aromatic carbocycles. The number of para-hydroxylation sites is 1. The van der Waals surface area contributed by atoms with Gasteiger partial charge in [0.1, 0.15) is 0 Å². The van der Waals surface area contributed by atoms with Gasteiger partial charge in [0, 0.05) is 30.8 Å². The lowest BCUT2D eigenvalue weighted by atomic mass is 9.85. The summed E-state index contributed by atoms with van der Waals surface area (Å²) in [5.41, 5.74) is 4.32. The van der Waals surface area contributed by atoms with E-state index in [-0.39, 0.29) is 5.91 Å². The normalized spacial score (nSPS) is 16.9. The number of fused-ring (bicyclic) bond motifs is 3. The van der Waals surface area contributed by atoms with E-state index in [1.807, 2.05) is 25.1 Å². The highest BCUT2D eigenvalue weighted by Crippen LogP contribution is 2.47. The maximum absolute atomic E-state index is 12.2. The minimum Gasteiger partial charge on any atom is -0.368 e. The molecule has 4 heteroatoms. The van der Waals surface area contributed by atoms with Crippen LogP contribution in [0.2, 0.25) is 0 Å². The molecule has 1 amide bonds. The Labute approximate surface area is 130 Å². The molecular formula is C18H21N3O. The molecule has 1 fully saturated rings. The van der Waals surface area contributed by atoms with Crippen LogP contribution in [0.3, 0.4) is 0 Å². The van der Waals surface area contributed by atoms with Gasteiger partial charge in [0.05, 0.1) is 22.6 Å². The number of carbonyl (C=O) groups is 1. The fourth-order valence-corrected chi connectivity index (χ4v) is 3.76. The number of piperidine rings is 1. The number of nitrogens with zero attached hydrogens (tertiary/aromatic N) is 2. The number of amides is 1. The Bertz CT molecular complexity index is 732. The molecule has 0 radical (unpaired) electrons. The van der Waals surface area contributed by atoms with Gasteiger partial charge in [0.25, 0.3) is 0 Å². The number of hydrogen-bond acceptors (Lipinski definition) is 3. The largest absolute Gasteiger partial charge is 0.368 e. The SMILES string of the molecule is CCCC(=O)Nc1c2c(nc3ccccc13)C1CCN2CC1. The van der Waals surface area contributed by atoms with Gasteiger partial charge < -0.3 is 10.2 Å². The zero-order chi connectivity index (χ0) is 15.1. The molecular weight excluding hydrogens is 274 g/mol. The van der Waals surface area contributed by atoms with Crippen LogP contribution in [0.5, 0.6) is 0 Å². The number of benzene rings is 1. The van der Waals surface area contributed by atoms with E-state index in [2.05, 4.69) is 16.3 Å². The van der Waals surface area contributed by atoms with Crippen molar-refractivity contribution in [1.82, 2.24) is 4.98 Å². The van der Waals surface area contributed by atoms with Crippen molar-refractivity contribution in [3.8, 4) is 0 Å². The van der Waals surface area contributed by atoms with Crippen molar-refractivity contribution in [2.24, 2.45) is 0 Å². The lowest BCUT2D eigenvalue weighted by molar-refractivity contribution is -0.116. The van der Waals surface area contributed by atoms with Gasteiger partial charge >= 0.3 is 0 Å². The quantitative estimate of drug-likeness (QED) is 0.939. The molecule has 1 aromatic heterocycles. The summed E-state index contributed by atoms with van der Waals surface area (Å²) in [6.07, 6.45) is 3.79. The van der Waals surface area contributed by atoms with Crippen LogP contribution < -0.4 is 10.2 Å². The first-order valence-corrected chi connectivity index (χ1v) is 8.25. The standard InChI is InChI=1S/C18H21N3O/c1-2-5-15(22)20-17-13-6-3-4-7-14(13)19-16-12-8-10-21(11-9-12)18(16)17/h3-4,6-7,12H,2,5,8-11H2,1H3,(H,19,20,22). The fraction of sp³-hybridized carbons (Fsp3) is 0.444. The number of nitrogens with one attached hydrogen (secondary N) is 1. The summed E-state index contributed by atoms with van der Waals surface area (Å²) in [4.78, 5) is 19.5. The monoisotopic (exact) mass is 295 g/mol. The van der Waals surface area contributed by atoms with Crippen LogP contribution in [0.25, 0.3) is 10.9 Å². The zero-order valence-electron chi connectivity index (χ0n) is 12.9. The average molecular weight is 295 g/mol. The van der Waals surface area contributed by atoms with E-state index in [1.165, 1.54) is 24.2 Å². The van der Waals surface area contributed by atoms with Crippen molar-refractivity contribution in [2.75, 3.05) is 23.3 Å². The molecule has 3 aliphatic rings. The van der Waals surface area contributed by atoms with Gasteiger partial charge in [-0.25, -0.2) is 0 Å². The number of hydrogen-bond donors (Lipinski definition) is 1. The highest BCUT2D eigenvalue weighted by molar-refractivity contribution is 6.07. The van der Waals surface area contributed by atoms with Gasteiger partial charge in [-0.2, -0.15) is 0 Å². The number of rotatable bonds is 3. The molecule has 3 aliphatic heterocycles. The second-order valence-corrected chi connectivity index (χ2v) is 6.30. The van der Waals surface area contributed by atoms with Crippen molar-refractivity contribution >= 4 is 28.2 Å². The van der Waals surface area contributed by atoms with Crippen molar-refractivity contribution in [1.29, 1.82) is 0 Å². The fourth-order valence-electron chi connectivity index (χ4n) is 3.76. The van der Waals surface area contributed by atoms with Crippen LogP contribution in [-0.4, -0.2) is 24.0 Å². The molecule has 0 unspecified atom stereocenters. The molecule has 0 spiro atoms. The topological polar surface area (TPSA) is 45.2 Å². The Morgan fingerprint density at radius 1 is 1.32 bits per heavy atom. The minimum atomic E-state index is 0.101. The number of pyridine rings is 1. The van der Waals surface area contributed by atoms with E-state index < -0.39 is 0 Å². The van der Waals surface area contributed by atoms with Crippen molar-refractivity contribution in [3.05, 3.63) is 30.0 Å². The third-order valence-corrected chi connectivity index (χ3v) is 4.83. The molecule has 0 saturated carbocycles. The molecule has 0 atom stereocenters. The lowest BCUT2D eigenvalue weighted by Gasteiger charge is -2.42. The van der Waals surface area contributed by atoms with Crippen LogP contribution in [-0.2, 0) is 4.79 Å². The van der Waals surface area contributed by atoms with Crippen molar-refractivity contribution in [3.63, 3.8) is 0 Å². The Morgan fingerprint density at radius 2 is 2.09 bits per heavy atom. The molecule has 4 nitrogen and oxygen atoms in total. The predicted octanol–water partition coefficient (Wildman–Crippen LogP) is 3.67. The third-order valence-electron chi connectivity index (χ3n) is 4.83. The summed E-state index contributed by atoms with van der Waals surface area (Å²) in [6, 6.07) is 8.14. The zero-order valence-corrected chi connectivity index (χ0v) is 12.9. The molecule has 114 valence electrons. The second kappa shape index (κ2) is 5.27.